The average molecular weight is 389 g/mol. The van der Waals surface area contributed by atoms with E-state index in [4.69, 9.17) is 21.1 Å². The molecule has 1 atom stereocenters. The second kappa shape index (κ2) is 7.88. The fourth-order valence-electron chi connectivity index (χ4n) is 3.15. The van der Waals surface area contributed by atoms with E-state index in [1.165, 1.54) is 4.90 Å². The van der Waals surface area contributed by atoms with E-state index in [0.29, 0.717) is 22.9 Å². The van der Waals surface area contributed by atoms with Crippen molar-refractivity contribution in [3.8, 4) is 11.5 Å². The highest BCUT2D eigenvalue weighted by Gasteiger charge is 2.51. The second-order valence-electron chi connectivity index (χ2n) is 6.15. The number of amides is 3. The van der Waals surface area contributed by atoms with Crippen LogP contribution in [-0.2, 0) is 10.3 Å². The molecule has 1 saturated heterocycles. The first-order valence-corrected chi connectivity index (χ1v) is 9.05. The van der Waals surface area contributed by atoms with Crippen molar-refractivity contribution >= 4 is 23.5 Å². The summed E-state index contributed by atoms with van der Waals surface area (Å²) in [4.78, 5) is 26.7. The summed E-state index contributed by atoms with van der Waals surface area (Å²) in [6.45, 7) is 2.16. The van der Waals surface area contributed by atoms with Crippen LogP contribution in [0.5, 0.6) is 11.5 Å². The zero-order valence-corrected chi connectivity index (χ0v) is 16.0. The first kappa shape index (κ1) is 19.0. The molecule has 0 unspecified atom stereocenters. The number of para-hydroxylation sites is 1. The molecular formula is C20H21ClN2O4. The fourth-order valence-corrected chi connectivity index (χ4v) is 3.34. The summed E-state index contributed by atoms with van der Waals surface area (Å²) >= 11 is 6.05. The molecule has 1 fully saturated rings. The highest BCUT2D eigenvalue weighted by molar-refractivity contribution is 6.32. The van der Waals surface area contributed by atoms with Gasteiger partial charge < -0.3 is 14.8 Å². The van der Waals surface area contributed by atoms with E-state index in [2.05, 4.69) is 5.32 Å². The molecule has 6 nitrogen and oxygen atoms in total. The van der Waals surface area contributed by atoms with Crippen LogP contribution in [0.3, 0.4) is 0 Å². The minimum atomic E-state index is -1.08. The van der Waals surface area contributed by atoms with E-state index in [1.807, 2.05) is 6.92 Å². The molecule has 7 heteroatoms. The second-order valence-corrected chi connectivity index (χ2v) is 6.56. The molecule has 1 heterocycles. The van der Waals surface area contributed by atoms with Crippen molar-refractivity contribution < 1.29 is 19.1 Å². The van der Waals surface area contributed by atoms with Crippen LogP contribution in [-0.4, -0.2) is 37.1 Å². The molecule has 0 bridgehead atoms. The number of ether oxygens (including phenoxy) is 2. The Balaban J connectivity index is 1.73. The molecule has 3 amide bonds. The number of methoxy groups -OCH3 is 1. The van der Waals surface area contributed by atoms with Gasteiger partial charge >= 0.3 is 6.03 Å². The lowest BCUT2D eigenvalue weighted by molar-refractivity contribution is -0.132. The average Bonchev–Trinajstić information content (AvgIpc) is 2.94. The van der Waals surface area contributed by atoms with Gasteiger partial charge in [0.05, 0.1) is 18.7 Å². The first-order valence-electron chi connectivity index (χ1n) is 8.68. The zero-order valence-electron chi connectivity index (χ0n) is 15.2. The van der Waals surface area contributed by atoms with Crippen LogP contribution in [0.25, 0.3) is 0 Å². The van der Waals surface area contributed by atoms with Gasteiger partial charge in [-0.3, -0.25) is 9.69 Å². The maximum Gasteiger partial charge on any atom is 0.325 e. The van der Waals surface area contributed by atoms with Crippen LogP contribution in [0, 0.1) is 0 Å². The summed E-state index contributed by atoms with van der Waals surface area (Å²) in [6.07, 6.45) is 0.436. The van der Waals surface area contributed by atoms with Crippen LogP contribution in [0.1, 0.15) is 18.9 Å². The number of nitrogens with zero attached hydrogens (tertiary/aromatic N) is 1. The van der Waals surface area contributed by atoms with E-state index < -0.39 is 11.6 Å². The minimum Gasteiger partial charge on any atom is -0.497 e. The normalized spacial score (nSPS) is 19.1. The molecule has 142 valence electrons. The number of carbonyl (C=O) groups is 2. The molecule has 2 aromatic carbocycles. The van der Waals surface area contributed by atoms with Crippen LogP contribution in [0.2, 0.25) is 5.02 Å². The van der Waals surface area contributed by atoms with Crippen LogP contribution >= 0.6 is 11.6 Å². The number of carbonyl (C=O) groups excluding carboxylic acids is 2. The van der Waals surface area contributed by atoms with Crippen molar-refractivity contribution in [1.29, 1.82) is 0 Å². The van der Waals surface area contributed by atoms with Crippen LogP contribution < -0.4 is 14.8 Å². The Morgan fingerprint density at radius 2 is 1.81 bits per heavy atom. The number of urea groups is 1. The number of nitrogens with one attached hydrogen (secondary N) is 1. The minimum absolute atomic E-state index is 0.133. The Labute approximate surface area is 163 Å². The summed E-state index contributed by atoms with van der Waals surface area (Å²) in [5.74, 6) is 0.915. The smallest absolute Gasteiger partial charge is 0.325 e. The van der Waals surface area contributed by atoms with E-state index in [0.717, 1.165) is 5.56 Å². The van der Waals surface area contributed by atoms with Gasteiger partial charge in [-0.2, -0.15) is 0 Å². The predicted molar refractivity (Wildman–Crippen MR) is 102 cm³/mol. The number of benzene rings is 2. The lowest BCUT2D eigenvalue weighted by Gasteiger charge is -2.26. The molecule has 0 saturated carbocycles. The van der Waals surface area contributed by atoms with Gasteiger partial charge in [0.15, 0.2) is 0 Å². The molecular weight excluding hydrogens is 368 g/mol. The summed E-state index contributed by atoms with van der Waals surface area (Å²) in [5, 5.41) is 3.33. The van der Waals surface area contributed by atoms with Gasteiger partial charge in [-0.1, -0.05) is 42.8 Å². The van der Waals surface area contributed by atoms with Gasteiger partial charge in [0.2, 0.25) is 0 Å². The standard InChI is InChI=1S/C20H21ClN2O4/c1-3-20(14-8-10-15(26-2)11-9-14)18(24)23(19(25)22-20)12-13-27-17-7-5-4-6-16(17)21/h4-11H,3,12-13H2,1-2H3,(H,22,25)/t20-/m0/s1. The van der Waals surface area contributed by atoms with Gasteiger partial charge in [0.1, 0.15) is 23.6 Å². The number of halogens is 1. The molecule has 3 rings (SSSR count). The highest BCUT2D eigenvalue weighted by atomic mass is 35.5. The van der Waals surface area contributed by atoms with E-state index in [1.54, 1.807) is 55.6 Å². The Morgan fingerprint density at radius 1 is 1.11 bits per heavy atom. The zero-order chi connectivity index (χ0) is 19.4. The molecule has 0 aromatic heterocycles. The first-order chi connectivity index (χ1) is 13.0. The molecule has 1 N–H and O–H groups in total. The van der Waals surface area contributed by atoms with E-state index >= 15 is 0 Å². The third-order valence-electron chi connectivity index (χ3n) is 4.70. The van der Waals surface area contributed by atoms with Gasteiger partial charge in [-0.15, -0.1) is 0 Å². The molecule has 0 aliphatic carbocycles. The monoisotopic (exact) mass is 388 g/mol. The third-order valence-corrected chi connectivity index (χ3v) is 5.01. The lowest BCUT2D eigenvalue weighted by atomic mass is 9.87. The Kier molecular flexibility index (Phi) is 5.56. The Morgan fingerprint density at radius 3 is 2.44 bits per heavy atom. The van der Waals surface area contributed by atoms with Crippen molar-refractivity contribution in [3.05, 3.63) is 59.1 Å². The molecule has 27 heavy (non-hydrogen) atoms. The molecule has 0 radical (unpaired) electrons. The largest absolute Gasteiger partial charge is 0.497 e. The fraction of sp³-hybridized carbons (Fsp3) is 0.300. The topological polar surface area (TPSA) is 67.9 Å². The van der Waals surface area contributed by atoms with Gasteiger partial charge in [0.25, 0.3) is 5.91 Å². The number of rotatable bonds is 7. The predicted octanol–water partition coefficient (Wildman–Crippen LogP) is 3.58. The van der Waals surface area contributed by atoms with Gasteiger partial charge in [-0.05, 0) is 36.2 Å². The summed E-state index contributed by atoms with van der Waals surface area (Å²) < 4.78 is 10.8. The Bertz CT molecular complexity index is 840. The molecule has 1 aliphatic heterocycles. The van der Waals surface area contributed by atoms with Crippen LogP contribution in [0.15, 0.2) is 48.5 Å². The van der Waals surface area contributed by atoms with E-state index in [9.17, 15) is 9.59 Å². The lowest BCUT2D eigenvalue weighted by Crippen LogP contribution is -2.43. The van der Waals surface area contributed by atoms with Crippen molar-refractivity contribution in [2.24, 2.45) is 0 Å². The maximum atomic E-state index is 13.1. The summed E-state index contributed by atoms with van der Waals surface area (Å²) in [7, 11) is 1.58. The van der Waals surface area contributed by atoms with Crippen molar-refractivity contribution in [2.45, 2.75) is 18.9 Å². The summed E-state index contributed by atoms with van der Waals surface area (Å²) in [5.41, 5.74) is -0.355. The third kappa shape index (κ3) is 3.57. The van der Waals surface area contributed by atoms with E-state index in [-0.39, 0.29) is 19.1 Å². The quantitative estimate of drug-likeness (QED) is 0.736. The number of hydrogen-bond donors (Lipinski definition) is 1. The SMILES string of the molecule is CC[C@@]1(c2ccc(OC)cc2)NC(=O)N(CCOc2ccccc2Cl)C1=O. The number of imide groups is 1. The Hall–Kier alpha value is -2.73. The van der Waals surface area contributed by atoms with Crippen molar-refractivity contribution in [1.82, 2.24) is 10.2 Å². The maximum absolute atomic E-state index is 13.1. The molecule has 2 aromatic rings. The van der Waals surface area contributed by atoms with Crippen LogP contribution in [0.4, 0.5) is 4.79 Å². The molecule has 0 spiro atoms. The van der Waals surface area contributed by atoms with Crippen molar-refractivity contribution in [2.75, 3.05) is 20.3 Å². The van der Waals surface area contributed by atoms with Gasteiger partial charge in [0, 0.05) is 0 Å². The highest BCUT2D eigenvalue weighted by Crippen LogP contribution is 2.33. The van der Waals surface area contributed by atoms with Gasteiger partial charge in [-0.25, -0.2) is 4.79 Å². The molecule has 1 aliphatic rings. The van der Waals surface area contributed by atoms with Crippen molar-refractivity contribution in [3.63, 3.8) is 0 Å². The number of hydrogen-bond acceptors (Lipinski definition) is 4. The summed E-state index contributed by atoms with van der Waals surface area (Å²) in [6, 6.07) is 13.8.